The quantitative estimate of drug-likeness (QED) is 0.506. The van der Waals surface area contributed by atoms with Crippen LogP contribution in [0.2, 0.25) is 0 Å². The third kappa shape index (κ3) is 4.58. The predicted molar refractivity (Wildman–Crippen MR) is 141 cm³/mol. The molecule has 0 radical (unpaired) electrons. The molecule has 7 nitrogen and oxygen atoms in total. The van der Waals surface area contributed by atoms with Crippen LogP contribution >= 0.6 is 0 Å². The van der Waals surface area contributed by atoms with Gasteiger partial charge in [0, 0.05) is 36.7 Å². The molecule has 38 heavy (non-hydrogen) atoms. The van der Waals surface area contributed by atoms with E-state index in [1.807, 2.05) is 45.0 Å². The highest BCUT2D eigenvalue weighted by molar-refractivity contribution is 6.11. The second kappa shape index (κ2) is 9.91. The van der Waals surface area contributed by atoms with Gasteiger partial charge in [-0.1, -0.05) is 61.5 Å². The second-order valence-corrected chi connectivity index (χ2v) is 11.0. The number of likely N-dealkylation sites (tertiary alicyclic amines) is 1. The molecule has 0 saturated carbocycles. The van der Waals surface area contributed by atoms with E-state index in [1.165, 1.54) is 6.07 Å². The minimum absolute atomic E-state index is 0.0568. The molecule has 8 heteroatoms. The van der Waals surface area contributed by atoms with Crippen LogP contribution in [0.15, 0.2) is 64.1 Å². The van der Waals surface area contributed by atoms with Crippen molar-refractivity contribution >= 4 is 17.5 Å². The van der Waals surface area contributed by atoms with Gasteiger partial charge >= 0.3 is 0 Å². The van der Waals surface area contributed by atoms with Gasteiger partial charge in [-0.3, -0.25) is 9.59 Å². The number of carbonyl (C=O) groups is 2. The molecule has 198 valence electrons. The van der Waals surface area contributed by atoms with Gasteiger partial charge in [0.05, 0.1) is 23.3 Å². The van der Waals surface area contributed by atoms with Gasteiger partial charge in [0.1, 0.15) is 17.5 Å². The van der Waals surface area contributed by atoms with Crippen molar-refractivity contribution in [1.29, 1.82) is 0 Å². The van der Waals surface area contributed by atoms with Crippen LogP contribution < -0.4 is 0 Å². The molecule has 0 aliphatic carbocycles. The van der Waals surface area contributed by atoms with Gasteiger partial charge in [0.15, 0.2) is 0 Å². The van der Waals surface area contributed by atoms with Gasteiger partial charge in [-0.25, -0.2) is 9.38 Å². The van der Waals surface area contributed by atoms with E-state index in [9.17, 15) is 19.1 Å². The van der Waals surface area contributed by atoms with E-state index in [2.05, 4.69) is 10.1 Å². The molecule has 3 aromatic rings. The fraction of sp³-hybridized carbons (Fsp3) is 0.400. The Bertz CT molecular complexity index is 1400. The molecule has 1 fully saturated rings. The van der Waals surface area contributed by atoms with Gasteiger partial charge in [-0.05, 0) is 37.0 Å². The molecule has 1 saturated heterocycles. The molecule has 2 aromatic carbocycles. The number of aliphatic imine (C=N–C) groups is 1. The summed E-state index contributed by atoms with van der Waals surface area (Å²) in [5, 5.41) is 14.5. The maximum absolute atomic E-state index is 14.3. The first kappa shape index (κ1) is 26.0. The molecular weight excluding hydrogens is 485 g/mol. The summed E-state index contributed by atoms with van der Waals surface area (Å²) in [4.78, 5) is 33.1. The van der Waals surface area contributed by atoms with Gasteiger partial charge in [0.25, 0.3) is 5.91 Å². The first-order chi connectivity index (χ1) is 18.1. The summed E-state index contributed by atoms with van der Waals surface area (Å²) < 4.78 is 19.7. The molecule has 1 aromatic heterocycles. The zero-order valence-electron chi connectivity index (χ0n) is 22.0. The molecule has 2 amide bonds. The number of hydrogen-bond donors (Lipinski definition) is 1. The Morgan fingerprint density at radius 3 is 2.53 bits per heavy atom. The van der Waals surface area contributed by atoms with Gasteiger partial charge in [-0.15, -0.1) is 0 Å². The lowest BCUT2D eigenvalue weighted by atomic mass is 9.78. The highest BCUT2D eigenvalue weighted by Gasteiger charge is 2.48. The highest BCUT2D eigenvalue weighted by Crippen LogP contribution is 2.39. The van der Waals surface area contributed by atoms with Crippen molar-refractivity contribution in [2.24, 2.45) is 10.9 Å². The number of amides is 2. The molecule has 5 rings (SSSR count). The Morgan fingerprint density at radius 1 is 1.18 bits per heavy atom. The van der Waals surface area contributed by atoms with Crippen molar-refractivity contribution < 1.29 is 23.6 Å². The minimum atomic E-state index is -0.912. The lowest BCUT2D eigenvalue weighted by Gasteiger charge is -2.30. The predicted octanol–water partition coefficient (Wildman–Crippen LogP) is 4.82. The monoisotopic (exact) mass is 517 g/mol. The second-order valence-electron chi connectivity index (χ2n) is 11.0. The number of β-amino-alcohol motifs (C(OH)–C–C–N with tert-alkyl or cyclic N) is 1. The zero-order chi connectivity index (χ0) is 27.2. The molecule has 4 atom stereocenters. The molecule has 3 heterocycles. The Kier molecular flexibility index (Phi) is 6.77. The minimum Gasteiger partial charge on any atom is -0.391 e. The van der Waals surface area contributed by atoms with Crippen LogP contribution in [0.4, 0.5) is 4.39 Å². The van der Waals surface area contributed by atoms with Crippen molar-refractivity contribution in [3.05, 3.63) is 77.4 Å². The lowest BCUT2D eigenvalue weighted by Crippen LogP contribution is -2.44. The van der Waals surface area contributed by atoms with E-state index in [0.717, 1.165) is 11.1 Å². The van der Waals surface area contributed by atoms with E-state index in [1.54, 1.807) is 36.1 Å². The smallest absolute Gasteiger partial charge is 0.256 e. The van der Waals surface area contributed by atoms with Crippen molar-refractivity contribution in [3.63, 3.8) is 0 Å². The fourth-order valence-electron chi connectivity index (χ4n) is 5.68. The summed E-state index contributed by atoms with van der Waals surface area (Å²) in [6.45, 7) is 7.71. The van der Waals surface area contributed by atoms with Crippen LogP contribution in [0.1, 0.15) is 56.5 Å². The number of halogens is 1. The third-order valence-electron chi connectivity index (χ3n) is 7.79. The van der Waals surface area contributed by atoms with E-state index in [4.69, 9.17) is 4.52 Å². The maximum atomic E-state index is 14.3. The summed E-state index contributed by atoms with van der Waals surface area (Å²) >= 11 is 0. The number of benzene rings is 2. The van der Waals surface area contributed by atoms with Crippen molar-refractivity contribution in [2.75, 3.05) is 6.54 Å². The molecule has 0 bridgehead atoms. The fourth-order valence-corrected chi connectivity index (χ4v) is 5.68. The van der Waals surface area contributed by atoms with E-state index >= 15 is 0 Å². The Morgan fingerprint density at radius 2 is 1.89 bits per heavy atom. The van der Waals surface area contributed by atoms with E-state index < -0.39 is 23.5 Å². The Labute approximate surface area is 221 Å². The van der Waals surface area contributed by atoms with Crippen LogP contribution in [0.25, 0.3) is 11.1 Å². The largest absolute Gasteiger partial charge is 0.391 e. The van der Waals surface area contributed by atoms with Crippen molar-refractivity contribution in [3.8, 4) is 11.1 Å². The first-order valence-electron chi connectivity index (χ1n) is 13.0. The van der Waals surface area contributed by atoms with Crippen molar-refractivity contribution in [2.45, 2.75) is 64.0 Å². The third-order valence-corrected chi connectivity index (χ3v) is 7.79. The standard InChI is InChI=1S/C30H32FN3O4/c1-17(2)27(26-13-18(3)33-38-26)28(36)34-16-21(35)14-25(34)24-15-30(4,29(37)32-24)20-11-9-19(10-12-20)22-7-5-6-8-23(22)31/h5-13,17,21,25,27,35H,14-16H2,1-4H3. The number of aromatic nitrogens is 1. The molecular formula is C30H32FN3O4. The molecule has 1 N–H and O–H groups in total. The number of carbonyl (C=O) groups excluding carboxylic acids is 2. The number of aliphatic hydroxyl groups is 1. The average Bonchev–Trinajstić information content (AvgIpc) is 3.57. The summed E-state index contributed by atoms with van der Waals surface area (Å²) in [6, 6.07) is 15.2. The molecule has 2 aliphatic heterocycles. The van der Waals surface area contributed by atoms with Crippen LogP contribution in [-0.4, -0.2) is 51.4 Å². The summed E-state index contributed by atoms with van der Waals surface area (Å²) in [6.07, 6.45) is -0.0573. The molecule has 2 aliphatic rings. The van der Waals surface area contributed by atoms with Gasteiger partial charge < -0.3 is 14.5 Å². The molecule has 4 unspecified atom stereocenters. The number of aliphatic hydroxyl groups excluding tert-OH is 1. The van der Waals surface area contributed by atoms with Crippen LogP contribution in [-0.2, 0) is 15.0 Å². The average molecular weight is 518 g/mol. The lowest BCUT2D eigenvalue weighted by molar-refractivity contribution is -0.134. The maximum Gasteiger partial charge on any atom is 0.256 e. The number of hydrogen-bond acceptors (Lipinski definition) is 5. The number of nitrogens with zero attached hydrogens (tertiary/aromatic N) is 3. The SMILES string of the molecule is Cc1cc(C(C(=O)N2CC(O)CC2C2=NC(=O)C(C)(c3ccc(-c4ccccc4F)cc3)C2)C(C)C)on1. The number of aryl methyl sites for hydroxylation is 1. The summed E-state index contributed by atoms with van der Waals surface area (Å²) in [5.41, 5.74) is 2.37. The van der Waals surface area contributed by atoms with E-state index in [-0.39, 0.29) is 30.1 Å². The highest BCUT2D eigenvalue weighted by atomic mass is 19.1. The summed E-state index contributed by atoms with van der Waals surface area (Å²) in [7, 11) is 0. The first-order valence-corrected chi connectivity index (χ1v) is 13.0. The van der Waals surface area contributed by atoms with E-state index in [0.29, 0.717) is 35.6 Å². The van der Waals surface area contributed by atoms with Crippen LogP contribution in [0.5, 0.6) is 0 Å². The van der Waals surface area contributed by atoms with Crippen LogP contribution in [0.3, 0.4) is 0 Å². The summed E-state index contributed by atoms with van der Waals surface area (Å²) in [5.74, 6) is -0.884. The van der Waals surface area contributed by atoms with Gasteiger partial charge in [-0.2, -0.15) is 0 Å². The Hall–Kier alpha value is -3.65. The number of rotatable bonds is 6. The topological polar surface area (TPSA) is 96.0 Å². The zero-order valence-corrected chi connectivity index (χ0v) is 22.0. The normalized spacial score (nSPS) is 24.2. The van der Waals surface area contributed by atoms with Gasteiger partial charge in [0.2, 0.25) is 5.91 Å². The van der Waals surface area contributed by atoms with Crippen molar-refractivity contribution in [1.82, 2.24) is 10.1 Å². The van der Waals surface area contributed by atoms with Crippen LogP contribution in [0, 0.1) is 18.7 Å². The Balaban J connectivity index is 1.39. The molecule has 0 spiro atoms.